The Morgan fingerprint density at radius 2 is 1.77 bits per heavy atom. The molecular weight excluding hydrogens is 392 g/mol. The number of aryl methyl sites for hydroxylation is 2. The predicted octanol–water partition coefficient (Wildman–Crippen LogP) is 4.55. The van der Waals surface area contributed by atoms with Crippen LogP contribution in [0.5, 0.6) is 5.75 Å². The molecule has 2 N–H and O–H groups in total. The van der Waals surface area contributed by atoms with Crippen molar-refractivity contribution in [2.45, 2.75) is 26.8 Å². The van der Waals surface area contributed by atoms with Crippen LogP contribution in [0.2, 0.25) is 0 Å². The number of furan rings is 1. The highest BCUT2D eigenvalue weighted by Gasteiger charge is 2.18. The first-order valence-corrected chi connectivity index (χ1v) is 9.96. The summed E-state index contributed by atoms with van der Waals surface area (Å²) in [7, 11) is 1.56. The number of methoxy groups -OCH3 is 1. The minimum atomic E-state index is -0.413. The van der Waals surface area contributed by atoms with E-state index in [4.69, 9.17) is 9.15 Å². The van der Waals surface area contributed by atoms with Gasteiger partial charge >= 0.3 is 0 Å². The lowest BCUT2D eigenvalue weighted by Gasteiger charge is -2.17. The monoisotopic (exact) mass is 418 g/mol. The van der Waals surface area contributed by atoms with Crippen LogP contribution in [0.1, 0.15) is 45.8 Å². The number of amides is 2. The van der Waals surface area contributed by atoms with Crippen molar-refractivity contribution in [3.05, 3.63) is 94.6 Å². The number of carbonyl (C=O) groups is 2. The van der Waals surface area contributed by atoms with Crippen LogP contribution in [-0.4, -0.2) is 18.9 Å². The van der Waals surface area contributed by atoms with Crippen molar-refractivity contribution in [1.29, 1.82) is 0 Å². The van der Waals surface area contributed by atoms with Crippen LogP contribution in [-0.2, 0) is 4.79 Å². The molecule has 0 aliphatic rings. The van der Waals surface area contributed by atoms with Crippen molar-refractivity contribution in [2.24, 2.45) is 0 Å². The first-order chi connectivity index (χ1) is 14.9. The summed E-state index contributed by atoms with van der Waals surface area (Å²) in [5.74, 6) is 0.278. The van der Waals surface area contributed by atoms with Gasteiger partial charge in [0.25, 0.3) is 11.8 Å². The molecule has 2 amide bonds. The zero-order chi connectivity index (χ0) is 22.4. The van der Waals surface area contributed by atoms with E-state index in [2.05, 4.69) is 10.6 Å². The van der Waals surface area contributed by atoms with Crippen LogP contribution < -0.4 is 15.4 Å². The van der Waals surface area contributed by atoms with Crippen LogP contribution >= 0.6 is 0 Å². The number of rotatable bonds is 7. The molecule has 3 rings (SSSR count). The summed E-state index contributed by atoms with van der Waals surface area (Å²) in [6, 6.07) is 15.9. The normalized spacial score (nSPS) is 12.2. The van der Waals surface area contributed by atoms with Gasteiger partial charge in [-0.05, 0) is 73.9 Å². The molecule has 0 radical (unpaired) electrons. The highest BCUT2D eigenvalue weighted by atomic mass is 16.5. The van der Waals surface area contributed by atoms with Crippen LogP contribution in [0.3, 0.4) is 0 Å². The number of benzene rings is 2. The Morgan fingerprint density at radius 1 is 1.03 bits per heavy atom. The van der Waals surface area contributed by atoms with E-state index in [9.17, 15) is 9.59 Å². The summed E-state index contributed by atoms with van der Waals surface area (Å²) >= 11 is 0. The lowest BCUT2D eigenvalue weighted by molar-refractivity contribution is -0.118. The molecule has 0 bridgehead atoms. The summed E-state index contributed by atoms with van der Waals surface area (Å²) in [6.45, 7) is 5.98. The van der Waals surface area contributed by atoms with Gasteiger partial charge in [0, 0.05) is 11.6 Å². The molecule has 0 saturated carbocycles. The van der Waals surface area contributed by atoms with Gasteiger partial charge in [0.2, 0.25) is 0 Å². The Kier molecular flexibility index (Phi) is 6.92. The minimum Gasteiger partial charge on any atom is -0.497 e. The minimum absolute atomic E-state index is 0.0893. The lowest BCUT2D eigenvalue weighted by atomic mass is 10.0. The number of hydrogen-bond donors (Lipinski definition) is 2. The summed E-state index contributed by atoms with van der Waals surface area (Å²) in [6.07, 6.45) is 3.01. The van der Waals surface area contributed by atoms with E-state index in [0.717, 1.165) is 11.1 Å². The zero-order valence-electron chi connectivity index (χ0n) is 18.1. The first kappa shape index (κ1) is 21.9. The maximum atomic E-state index is 13.0. The third kappa shape index (κ3) is 5.63. The largest absolute Gasteiger partial charge is 0.497 e. The molecule has 1 unspecified atom stereocenters. The molecule has 0 aliphatic heterocycles. The standard InChI is InChI=1S/C25H26N2O4/c1-16-7-8-20(14-17(16)2)18(3)26-25(29)23(15-22-6-5-13-31-22)27-24(28)19-9-11-21(30-4)12-10-19/h5-15,18H,1-4H3,(H,26,29)(H,27,28)/b23-15-. The smallest absolute Gasteiger partial charge is 0.268 e. The van der Waals surface area contributed by atoms with Crippen molar-refractivity contribution in [1.82, 2.24) is 10.6 Å². The molecule has 31 heavy (non-hydrogen) atoms. The quantitative estimate of drug-likeness (QED) is 0.552. The second-order valence-corrected chi connectivity index (χ2v) is 7.29. The lowest BCUT2D eigenvalue weighted by Crippen LogP contribution is -2.36. The topological polar surface area (TPSA) is 80.6 Å². The van der Waals surface area contributed by atoms with E-state index in [1.165, 1.54) is 17.9 Å². The molecule has 6 heteroatoms. The number of hydrogen-bond acceptors (Lipinski definition) is 4. The molecule has 1 heterocycles. The van der Waals surface area contributed by atoms with E-state index in [1.54, 1.807) is 43.5 Å². The summed E-state index contributed by atoms with van der Waals surface area (Å²) < 4.78 is 10.4. The fraction of sp³-hybridized carbons (Fsp3) is 0.200. The van der Waals surface area contributed by atoms with Gasteiger partial charge in [-0.3, -0.25) is 9.59 Å². The molecule has 3 aromatic rings. The summed E-state index contributed by atoms with van der Waals surface area (Å²) in [5.41, 5.74) is 3.81. The van der Waals surface area contributed by atoms with Crippen molar-refractivity contribution < 1.29 is 18.7 Å². The molecule has 0 aliphatic carbocycles. The van der Waals surface area contributed by atoms with Crippen LogP contribution in [0.25, 0.3) is 6.08 Å². The maximum absolute atomic E-state index is 13.0. The SMILES string of the molecule is COc1ccc(C(=O)N/C(=C\c2ccco2)C(=O)NC(C)c2ccc(C)c(C)c2)cc1. The number of carbonyl (C=O) groups excluding carboxylic acids is 2. The van der Waals surface area contributed by atoms with Gasteiger partial charge in [-0.1, -0.05) is 18.2 Å². The third-order valence-corrected chi connectivity index (χ3v) is 5.05. The molecule has 2 aromatic carbocycles. The predicted molar refractivity (Wildman–Crippen MR) is 120 cm³/mol. The van der Waals surface area contributed by atoms with E-state index in [1.807, 2.05) is 39.0 Å². The van der Waals surface area contributed by atoms with E-state index >= 15 is 0 Å². The van der Waals surface area contributed by atoms with Crippen molar-refractivity contribution in [3.63, 3.8) is 0 Å². The molecule has 0 saturated heterocycles. The van der Waals surface area contributed by atoms with Gasteiger partial charge in [0.15, 0.2) is 0 Å². The number of ether oxygens (including phenoxy) is 1. The Morgan fingerprint density at radius 3 is 2.39 bits per heavy atom. The van der Waals surface area contributed by atoms with Crippen LogP contribution in [0.4, 0.5) is 0 Å². The second kappa shape index (κ2) is 9.80. The van der Waals surface area contributed by atoms with Crippen LogP contribution in [0, 0.1) is 13.8 Å². The Bertz CT molecular complexity index is 1080. The molecule has 1 aromatic heterocycles. The Hall–Kier alpha value is -3.80. The van der Waals surface area contributed by atoms with E-state index < -0.39 is 11.8 Å². The fourth-order valence-corrected chi connectivity index (χ4v) is 3.00. The third-order valence-electron chi connectivity index (χ3n) is 5.05. The van der Waals surface area contributed by atoms with Crippen molar-refractivity contribution >= 4 is 17.9 Å². The fourth-order valence-electron chi connectivity index (χ4n) is 3.00. The second-order valence-electron chi connectivity index (χ2n) is 7.29. The van der Waals surface area contributed by atoms with Gasteiger partial charge < -0.3 is 19.8 Å². The molecule has 160 valence electrons. The van der Waals surface area contributed by atoms with Gasteiger partial charge in [-0.2, -0.15) is 0 Å². The highest BCUT2D eigenvalue weighted by molar-refractivity contribution is 6.05. The zero-order valence-corrected chi connectivity index (χ0v) is 18.1. The van der Waals surface area contributed by atoms with Gasteiger partial charge in [0.1, 0.15) is 17.2 Å². The number of nitrogens with one attached hydrogen (secondary N) is 2. The van der Waals surface area contributed by atoms with Gasteiger partial charge in [0.05, 0.1) is 19.4 Å². The molecule has 0 fully saturated rings. The summed E-state index contributed by atoms with van der Waals surface area (Å²) in [5, 5.41) is 5.64. The average molecular weight is 418 g/mol. The molecule has 0 spiro atoms. The molecule has 1 atom stereocenters. The molecular formula is C25H26N2O4. The molecule has 6 nitrogen and oxygen atoms in total. The van der Waals surface area contributed by atoms with E-state index in [0.29, 0.717) is 17.1 Å². The Labute approximate surface area is 181 Å². The Balaban J connectivity index is 1.80. The van der Waals surface area contributed by atoms with Gasteiger partial charge in [-0.25, -0.2) is 0 Å². The maximum Gasteiger partial charge on any atom is 0.268 e. The van der Waals surface area contributed by atoms with E-state index in [-0.39, 0.29) is 11.7 Å². The van der Waals surface area contributed by atoms with Crippen LogP contribution in [0.15, 0.2) is 71.0 Å². The van der Waals surface area contributed by atoms with Gasteiger partial charge in [-0.15, -0.1) is 0 Å². The van der Waals surface area contributed by atoms with Crippen molar-refractivity contribution in [2.75, 3.05) is 7.11 Å². The summed E-state index contributed by atoms with van der Waals surface area (Å²) in [4.78, 5) is 25.7. The highest BCUT2D eigenvalue weighted by Crippen LogP contribution is 2.18. The first-order valence-electron chi connectivity index (χ1n) is 9.96. The average Bonchev–Trinajstić information content (AvgIpc) is 3.28. The van der Waals surface area contributed by atoms with Crippen molar-refractivity contribution in [3.8, 4) is 5.75 Å².